The van der Waals surface area contributed by atoms with E-state index in [2.05, 4.69) is 4.72 Å². The molecule has 0 saturated carbocycles. The lowest BCUT2D eigenvalue weighted by Gasteiger charge is -2.13. The summed E-state index contributed by atoms with van der Waals surface area (Å²) in [5, 5.41) is 26.0. The normalized spacial score (nSPS) is 13.8. The third kappa shape index (κ3) is 7.53. The van der Waals surface area contributed by atoms with Crippen LogP contribution in [-0.2, 0) is 15.0 Å². The average molecular weight is 285 g/mol. The predicted molar refractivity (Wildman–Crippen MR) is 62.8 cm³/mol. The van der Waals surface area contributed by atoms with Crippen LogP contribution >= 0.6 is 0 Å². The van der Waals surface area contributed by atoms with Gasteiger partial charge in [0.05, 0.1) is 0 Å². The summed E-state index contributed by atoms with van der Waals surface area (Å²) in [6.07, 6.45) is 0.263. The number of aliphatic hydroxyl groups is 2. The lowest BCUT2D eigenvalue weighted by atomic mass is 10.1. The molecule has 0 aliphatic carbocycles. The molecule has 7 N–H and O–H groups in total. The first-order chi connectivity index (χ1) is 8.32. The highest BCUT2D eigenvalue weighted by atomic mass is 32.2. The Morgan fingerprint density at radius 3 is 2.22 bits per heavy atom. The van der Waals surface area contributed by atoms with Gasteiger partial charge in [-0.25, -0.2) is 9.44 Å². The molecule has 9 nitrogen and oxygen atoms in total. The molecule has 0 aromatic heterocycles. The Bertz CT molecular complexity index is 343. The van der Waals surface area contributed by atoms with Crippen LogP contribution in [0.1, 0.15) is 6.42 Å². The first kappa shape index (κ1) is 17.2. The maximum Gasteiger partial charge on any atom is 0.321 e. The number of carboxylic acid groups (broad SMARTS) is 1. The topological polar surface area (TPSA) is 162 Å². The second kappa shape index (κ2) is 8.34. The van der Waals surface area contributed by atoms with Gasteiger partial charge >= 0.3 is 5.97 Å². The number of aliphatic carboxylic acids is 1. The molecule has 0 rings (SSSR count). The van der Waals surface area contributed by atoms with Gasteiger partial charge < -0.3 is 21.1 Å². The van der Waals surface area contributed by atoms with Crippen LogP contribution in [0.3, 0.4) is 0 Å². The third-order valence-corrected chi connectivity index (χ3v) is 3.30. The number of nitrogens with two attached hydrogens (primary N) is 1. The first-order valence-electron chi connectivity index (χ1n) is 5.26. The molecular formula is C8H19N3O6S. The minimum atomic E-state index is -3.83. The van der Waals surface area contributed by atoms with Crippen molar-refractivity contribution in [1.82, 2.24) is 9.44 Å². The van der Waals surface area contributed by atoms with E-state index in [0.717, 1.165) is 0 Å². The van der Waals surface area contributed by atoms with Crippen molar-refractivity contribution in [2.45, 2.75) is 12.5 Å². The highest BCUT2D eigenvalue weighted by molar-refractivity contribution is 7.87. The van der Waals surface area contributed by atoms with Crippen LogP contribution in [-0.4, -0.2) is 62.1 Å². The van der Waals surface area contributed by atoms with E-state index in [-0.39, 0.29) is 26.2 Å². The molecule has 10 heteroatoms. The summed E-state index contributed by atoms with van der Waals surface area (Å²) in [6, 6.07) is -1.32. The van der Waals surface area contributed by atoms with Crippen molar-refractivity contribution in [3.8, 4) is 0 Å². The summed E-state index contributed by atoms with van der Waals surface area (Å²) >= 11 is 0. The zero-order valence-corrected chi connectivity index (χ0v) is 10.6. The van der Waals surface area contributed by atoms with Gasteiger partial charge in [-0.15, -0.1) is 0 Å². The standard InChI is InChI=1S/C8H19N3O6S/c9-7(8(14)15)3-11-18(16,17)10-2-1-6(4-12)5-13/h6-7,10-13H,1-5,9H2,(H,14,15). The Balaban J connectivity index is 3.98. The number of hydrogen-bond donors (Lipinski definition) is 6. The second-order valence-electron chi connectivity index (χ2n) is 3.71. The fraction of sp³-hybridized carbons (Fsp3) is 0.875. The average Bonchev–Trinajstić information content (AvgIpc) is 2.31. The second-order valence-corrected chi connectivity index (χ2v) is 5.30. The van der Waals surface area contributed by atoms with Crippen LogP contribution in [0, 0.1) is 5.92 Å². The minimum Gasteiger partial charge on any atom is -0.480 e. The molecule has 0 fully saturated rings. The van der Waals surface area contributed by atoms with Gasteiger partial charge in [-0.05, 0) is 6.42 Å². The Morgan fingerprint density at radius 2 is 1.78 bits per heavy atom. The molecule has 18 heavy (non-hydrogen) atoms. The smallest absolute Gasteiger partial charge is 0.321 e. The van der Waals surface area contributed by atoms with E-state index in [9.17, 15) is 13.2 Å². The molecule has 0 aromatic carbocycles. The lowest BCUT2D eigenvalue weighted by Crippen LogP contribution is -2.46. The molecule has 1 unspecified atom stereocenters. The monoisotopic (exact) mass is 285 g/mol. The number of hydrogen-bond acceptors (Lipinski definition) is 6. The quantitative estimate of drug-likeness (QED) is 0.246. The molecule has 0 aliphatic heterocycles. The van der Waals surface area contributed by atoms with Gasteiger partial charge in [-0.2, -0.15) is 8.42 Å². The summed E-state index contributed by atoms with van der Waals surface area (Å²) in [4.78, 5) is 10.4. The maximum absolute atomic E-state index is 11.3. The van der Waals surface area contributed by atoms with E-state index in [1.807, 2.05) is 4.72 Å². The van der Waals surface area contributed by atoms with Gasteiger partial charge in [-0.3, -0.25) is 4.79 Å². The SMILES string of the molecule is NC(CNS(=O)(=O)NCCC(CO)CO)C(=O)O. The van der Waals surface area contributed by atoms with Crippen LogP contribution in [0.25, 0.3) is 0 Å². The predicted octanol–water partition coefficient (Wildman–Crippen LogP) is -3.19. The van der Waals surface area contributed by atoms with Crippen molar-refractivity contribution in [3.05, 3.63) is 0 Å². The van der Waals surface area contributed by atoms with Crippen molar-refractivity contribution in [2.24, 2.45) is 11.7 Å². The molecule has 0 aromatic rings. The third-order valence-electron chi connectivity index (χ3n) is 2.17. The van der Waals surface area contributed by atoms with Gasteiger partial charge in [-0.1, -0.05) is 0 Å². The maximum atomic E-state index is 11.3. The van der Waals surface area contributed by atoms with Gasteiger partial charge in [0, 0.05) is 32.2 Å². The minimum absolute atomic E-state index is 0.0173. The molecule has 0 bridgehead atoms. The molecule has 0 amide bonds. The van der Waals surface area contributed by atoms with E-state index in [4.69, 9.17) is 21.1 Å². The fourth-order valence-electron chi connectivity index (χ4n) is 0.976. The molecule has 0 saturated heterocycles. The van der Waals surface area contributed by atoms with E-state index < -0.39 is 34.7 Å². The zero-order chi connectivity index (χ0) is 14.2. The summed E-state index contributed by atoms with van der Waals surface area (Å²) in [5.41, 5.74) is 5.12. The molecule has 108 valence electrons. The Labute approximate surface area is 105 Å². The van der Waals surface area contributed by atoms with Crippen molar-refractivity contribution < 1.29 is 28.5 Å². The molecule has 0 heterocycles. The van der Waals surface area contributed by atoms with Crippen LogP contribution in [0.4, 0.5) is 0 Å². The Morgan fingerprint density at radius 1 is 1.22 bits per heavy atom. The molecule has 0 spiro atoms. The van der Waals surface area contributed by atoms with Crippen LogP contribution < -0.4 is 15.2 Å². The van der Waals surface area contributed by atoms with Crippen molar-refractivity contribution in [2.75, 3.05) is 26.3 Å². The van der Waals surface area contributed by atoms with Gasteiger partial charge in [0.15, 0.2) is 0 Å². The van der Waals surface area contributed by atoms with Crippen LogP contribution in [0.5, 0.6) is 0 Å². The lowest BCUT2D eigenvalue weighted by molar-refractivity contribution is -0.138. The summed E-state index contributed by atoms with van der Waals surface area (Å²) in [6.45, 7) is -0.886. The van der Waals surface area contributed by atoms with Gasteiger partial charge in [0.2, 0.25) is 0 Å². The number of rotatable bonds is 10. The molecule has 1 atom stereocenters. The van der Waals surface area contributed by atoms with E-state index in [0.29, 0.717) is 0 Å². The van der Waals surface area contributed by atoms with Crippen molar-refractivity contribution >= 4 is 16.2 Å². The van der Waals surface area contributed by atoms with Crippen LogP contribution in [0.15, 0.2) is 0 Å². The summed E-state index contributed by atoms with van der Waals surface area (Å²) in [5.74, 6) is -1.70. The summed E-state index contributed by atoms with van der Waals surface area (Å²) < 4.78 is 26.8. The number of carboxylic acids is 1. The Hall–Kier alpha value is -0.780. The van der Waals surface area contributed by atoms with Crippen LogP contribution in [0.2, 0.25) is 0 Å². The highest BCUT2D eigenvalue weighted by Gasteiger charge is 2.16. The van der Waals surface area contributed by atoms with Gasteiger partial charge in [0.1, 0.15) is 6.04 Å². The summed E-state index contributed by atoms with van der Waals surface area (Å²) in [7, 11) is -3.83. The number of nitrogens with one attached hydrogen (secondary N) is 2. The molecule has 0 radical (unpaired) electrons. The highest BCUT2D eigenvalue weighted by Crippen LogP contribution is 1.98. The number of aliphatic hydroxyl groups excluding tert-OH is 2. The largest absolute Gasteiger partial charge is 0.480 e. The van der Waals surface area contributed by atoms with E-state index >= 15 is 0 Å². The number of carbonyl (C=O) groups is 1. The van der Waals surface area contributed by atoms with E-state index in [1.54, 1.807) is 0 Å². The van der Waals surface area contributed by atoms with Crippen molar-refractivity contribution in [3.63, 3.8) is 0 Å². The van der Waals surface area contributed by atoms with E-state index in [1.165, 1.54) is 0 Å². The Kier molecular flexibility index (Phi) is 7.98. The zero-order valence-electron chi connectivity index (χ0n) is 9.74. The molecule has 0 aliphatic rings. The molecular weight excluding hydrogens is 266 g/mol. The fourth-order valence-corrected chi connectivity index (χ4v) is 1.86. The van der Waals surface area contributed by atoms with Crippen molar-refractivity contribution in [1.29, 1.82) is 0 Å². The van der Waals surface area contributed by atoms with Gasteiger partial charge in [0.25, 0.3) is 10.2 Å². The first-order valence-corrected chi connectivity index (χ1v) is 6.75.